The number of allylic oxidation sites excluding steroid dienone is 2. The number of nitrogens with one attached hydrogen (secondary N) is 4. The first-order valence-corrected chi connectivity index (χ1v) is 12.7. The molecule has 1 fully saturated rings. The van der Waals surface area contributed by atoms with Gasteiger partial charge in [-0.2, -0.15) is 0 Å². The Morgan fingerprint density at radius 3 is 2.82 bits per heavy atom. The monoisotopic (exact) mass is 545 g/mol. The van der Waals surface area contributed by atoms with Crippen molar-refractivity contribution < 1.29 is 18.4 Å². The molecule has 0 saturated carbocycles. The molecule has 6 N–H and O–H groups in total. The molecular weight excluding hydrogens is 516 g/mol. The van der Waals surface area contributed by atoms with Gasteiger partial charge in [-0.1, -0.05) is 29.8 Å². The molecule has 2 heterocycles. The molecule has 0 spiro atoms. The van der Waals surface area contributed by atoms with Crippen molar-refractivity contribution in [2.45, 2.75) is 44.1 Å². The number of halogens is 3. The van der Waals surface area contributed by atoms with E-state index in [0.717, 1.165) is 37.9 Å². The zero-order valence-electron chi connectivity index (χ0n) is 20.9. The summed E-state index contributed by atoms with van der Waals surface area (Å²) in [7, 11) is 0. The summed E-state index contributed by atoms with van der Waals surface area (Å²) in [6.07, 6.45) is 9.78. The van der Waals surface area contributed by atoms with Gasteiger partial charge < -0.3 is 27.0 Å². The first-order chi connectivity index (χ1) is 18.1. The fourth-order valence-corrected chi connectivity index (χ4v) is 4.58. The molecule has 4 rings (SSSR count). The molecule has 9 nitrogen and oxygen atoms in total. The number of carbonyl (C=O) groups excluding carboxylic acids is 2. The lowest BCUT2D eigenvalue weighted by Gasteiger charge is -2.24. The van der Waals surface area contributed by atoms with E-state index in [1.807, 2.05) is 18.2 Å². The van der Waals surface area contributed by atoms with E-state index in [4.69, 9.17) is 17.3 Å². The van der Waals surface area contributed by atoms with Crippen molar-refractivity contribution in [2.24, 2.45) is 0 Å². The minimum atomic E-state index is -3.13. The minimum Gasteiger partial charge on any atom is -0.382 e. The minimum absolute atomic E-state index is 0.0280. The van der Waals surface area contributed by atoms with Crippen molar-refractivity contribution in [3.05, 3.63) is 70.2 Å². The number of nitrogens with zero attached hydrogens (tertiary/aromatic N) is 2. The molecule has 202 valence electrons. The lowest BCUT2D eigenvalue weighted by molar-refractivity contribution is 0.0176. The maximum Gasteiger partial charge on any atom is 0.319 e. The average Bonchev–Trinajstić information content (AvgIpc) is 2.89. The number of anilines is 2. The fourth-order valence-electron chi connectivity index (χ4n) is 4.30. The molecule has 1 unspecified atom stereocenters. The summed E-state index contributed by atoms with van der Waals surface area (Å²) in [5.74, 6) is -3.50. The van der Waals surface area contributed by atoms with E-state index in [1.165, 1.54) is 12.1 Å². The van der Waals surface area contributed by atoms with Crippen LogP contribution in [0.15, 0.2) is 48.2 Å². The van der Waals surface area contributed by atoms with Crippen LogP contribution in [0.5, 0.6) is 0 Å². The summed E-state index contributed by atoms with van der Waals surface area (Å²) >= 11 is 5.85. The molecule has 12 heteroatoms. The Bertz CT molecular complexity index is 1260. The SMILES string of the molecule is CC(F)(F)c1cc(NC(=O)NCC2=CCC(c3cnc(N)c(C(=O)N[C@H]4CCCNC4)n3)C=C2)ccc1Cl. The number of amides is 3. The van der Waals surface area contributed by atoms with E-state index in [-0.39, 0.29) is 52.2 Å². The predicted molar refractivity (Wildman–Crippen MR) is 142 cm³/mol. The molecule has 1 aliphatic heterocycles. The lowest BCUT2D eigenvalue weighted by atomic mass is 9.94. The van der Waals surface area contributed by atoms with Gasteiger partial charge in [-0.25, -0.2) is 23.5 Å². The second kappa shape index (κ2) is 11.9. The van der Waals surface area contributed by atoms with Crippen LogP contribution in [0.1, 0.15) is 53.8 Å². The number of urea groups is 1. The van der Waals surface area contributed by atoms with Gasteiger partial charge in [0.25, 0.3) is 11.8 Å². The number of aromatic nitrogens is 2. The summed E-state index contributed by atoms with van der Waals surface area (Å²) in [6.45, 7) is 2.63. The lowest BCUT2D eigenvalue weighted by Crippen LogP contribution is -2.46. The van der Waals surface area contributed by atoms with Crippen LogP contribution in [0.4, 0.5) is 25.1 Å². The van der Waals surface area contributed by atoms with Crippen molar-refractivity contribution in [1.82, 2.24) is 25.9 Å². The number of hydrogen-bond acceptors (Lipinski definition) is 6. The molecule has 3 amide bonds. The van der Waals surface area contributed by atoms with Gasteiger partial charge >= 0.3 is 6.03 Å². The van der Waals surface area contributed by atoms with Crippen molar-refractivity contribution in [3.63, 3.8) is 0 Å². The number of piperidine rings is 1. The highest BCUT2D eigenvalue weighted by Gasteiger charge is 2.28. The maximum atomic E-state index is 13.7. The molecular formula is C26H30ClF2N7O2. The smallest absolute Gasteiger partial charge is 0.319 e. The Balaban J connectivity index is 1.31. The van der Waals surface area contributed by atoms with Gasteiger partial charge in [0, 0.05) is 48.2 Å². The number of nitrogen functional groups attached to an aromatic ring is 1. The number of rotatable bonds is 7. The summed E-state index contributed by atoms with van der Waals surface area (Å²) in [5, 5.41) is 11.4. The van der Waals surface area contributed by atoms with Gasteiger partial charge in [0.05, 0.1) is 11.9 Å². The Kier molecular flexibility index (Phi) is 8.58. The Labute approximate surface area is 224 Å². The van der Waals surface area contributed by atoms with E-state index in [9.17, 15) is 18.4 Å². The number of nitrogens with two attached hydrogens (primary N) is 1. The molecule has 1 aliphatic carbocycles. The summed E-state index contributed by atoms with van der Waals surface area (Å²) in [6, 6.07) is 3.41. The van der Waals surface area contributed by atoms with Crippen molar-refractivity contribution in [1.29, 1.82) is 0 Å². The third kappa shape index (κ3) is 7.05. The standard InChI is InChI=1S/C26H30ClF2N7O2/c1-26(28,29)19-11-17(8-9-20(19)27)35-25(38)33-12-15-4-6-16(7-5-15)21-14-32-23(30)22(36-21)24(37)34-18-3-2-10-31-13-18/h4-6,8-9,11,14,16,18,31H,2-3,7,10,12-13H2,1H3,(H2,30,32)(H,34,37)(H2,33,35,38)/t16?,18-/m0/s1. The van der Waals surface area contributed by atoms with E-state index in [2.05, 4.69) is 31.2 Å². The third-order valence-corrected chi connectivity index (χ3v) is 6.70. The molecule has 2 aromatic rings. The van der Waals surface area contributed by atoms with E-state index < -0.39 is 12.0 Å². The normalized spacial score (nSPS) is 19.4. The number of alkyl halides is 2. The van der Waals surface area contributed by atoms with Crippen LogP contribution in [0.3, 0.4) is 0 Å². The molecule has 2 aliphatic rings. The molecule has 1 aromatic heterocycles. The fraction of sp³-hybridized carbons (Fsp3) is 0.385. The largest absolute Gasteiger partial charge is 0.382 e. The van der Waals surface area contributed by atoms with Gasteiger partial charge in [-0.05, 0) is 49.6 Å². The molecule has 1 saturated heterocycles. The van der Waals surface area contributed by atoms with Crippen LogP contribution in [0, 0.1) is 0 Å². The quantitative estimate of drug-likeness (QED) is 0.356. The van der Waals surface area contributed by atoms with Crippen molar-refractivity contribution >= 4 is 35.0 Å². The van der Waals surface area contributed by atoms with Gasteiger partial charge in [0.15, 0.2) is 11.5 Å². The topological polar surface area (TPSA) is 134 Å². The Morgan fingerprint density at radius 1 is 1.32 bits per heavy atom. The highest BCUT2D eigenvalue weighted by atomic mass is 35.5. The Hall–Kier alpha value is -3.57. The highest BCUT2D eigenvalue weighted by Crippen LogP contribution is 2.34. The van der Waals surface area contributed by atoms with Gasteiger partial charge in [-0.15, -0.1) is 0 Å². The van der Waals surface area contributed by atoms with Crippen LogP contribution < -0.4 is 27.0 Å². The van der Waals surface area contributed by atoms with Crippen molar-refractivity contribution in [2.75, 3.05) is 30.7 Å². The van der Waals surface area contributed by atoms with Gasteiger partial charge in [-0.3, -0.25) is 4.79 Å². The molecule has 0 radical (unpaired) electrons. The van der Waals surface area contributed by atoms with Crippen LogP contribution in [-0.2, 0) is 5.92 Å². The summed E-state index contributed by atoms with van der Waals surface area (Å²) in [5.41, 5.74) is 7.37. The molecule has 1 aromatic carbocycles. The zero-order valence-corrected chi connectivity index (χ0v) is 21.6. The highest BCUT2D eigenvalue weighted by molar-refractivity contribution is 6.31. The number of hydrogen-bond donors (Lipinski definition) is 5. The van der Waals surface area contributed by atoms with Gasteiger partial charge in [0.2, 0.25) is 0 Å². The van der Waals surface area contributed by atoms with Crippen LogP contribution in [0.2, 0.25) is 5.02 Å². The number of carbonyl (C=O) groups is 2. The van der Waals surface area contributed by atoms with Crippen LogP contribution in [-0.4, -0.2) is 47.6 Å². The summed E-state index contributed by atoms with van der Waals surface area (Å²) < 4.78 is 27.4. The van der Waals surface area contributed by atoms with Gasteiger partial charge in [0.1, 0.15) is 0 Å². The van der Waals surface area contributed by atoms with E-state index in [0.29, 0.717) is 18.7 Å². The Morgan fingerprint density at radius 2 is 2.13 bits per heavy atom. The number of benzene rings is 1. The van der Waals surface area contributed by atoms with E-state index in [1.54, 1.807) is 6.20 Å². The molecule has 0 bridgehead atoms. The second-order valence-electron chi connectivity index (χ2n) is 9.42. The molecule has 38 heavy (non-hydrogen) atoms. The first kappa shape index (κ1) is 27.5. The van der Waals surface area contributed by atoms with Crippen LogP contribution >= 0.6 is 11.6 Å². The first-order valence-electron chi connectivity index (χ1n) is 12.3. The van der Waals surface area contributed by atoms with Crippen molar-refractivity contribution in [3.8, 4) is 0 Å². The second-order valence-corrected chi connectivity index (χ2v) is 9.82. The summed E-state index contributed by atoms with van der Waals surface area (Å²) in [4.78, 5) is 33.7. The zero-order chi connectivity index (χ0) is 27.3. The van der Waals surface area contributed by atoms with E-state index >= 15 is 0 Å². The third-order valence-electron chi connectivity index (χ3n) is 6.37. The average molecular weight is 546 g/mol. The molecule has 2 atom stereocenters. The van der Waals surface area contributed by atoms with Crippen LogP contribution in [0.25, 0.3) is 0 Å². The predicted octanol–water partition coefficient (Wildman–Crippen LogP) is 4.10. The maximum absolute atomic E-state index is 13.7.